The van der Waals surface area contributed by atoms with Crippen LogP contribution in [-0.2, 0) is 12.7 Å². The summed E-state index contributed by atoms with van der Waals surface area (Å²) in [6.07, 6.45) is -3.68. The van der Waals surface area contributed by atoms with Gasteiger partial charge in [0.05, 0.1) is 5.69 Å². The Bertz CT molecular complexity index is 962. The fourth-order valence-corrected chi connectivity index (χ4v) is 3.58. The van der Waals surface area contributed by atoms with Crippen LogP contribution in [0.4, 0.5) is 17.6 Å². The van der Waals surface area contributed by atoms with E-state index in [2.05, 4.69) is 15.0 Å². The molecule has 3 aromatic rings. The SMILES string of the molecule is Cc1cc(C(F)(F)F)n2nc([C@@H]3CCN(Cc4ccc(F)cc4)C3)cc2n1. The number of hydrogen-bond acceptors (Lipinski definition) is 3. The first-order chi connectivity index (χ1) is 12.8. The van der Waals surface area contributed by atoms with E-state index in [-0.39, 0.29) is 17.4 Å². The third kappa shape index (κ3) is 3.66. The molecule has 0 spiro atoms. The summed E-state index contributed by atoms with van der Waals surface area (Å²) in [5.41, 5.74) is 1.35. The van der Waals surface area contributed by atoms with Gasteiger partial charge in [-0.2, -0.15) is 18.3 Å². The maximum atomic E-state index is 13.3. The zero-order valence-corrected chi connectivity index (χ0v) is 14.7. The van der Waals surface area contributed by atoms with Crippen molar-refractivity contribution in [3.63, 3.8) is 0 Å². The van der Waals surface area contributed by atoms with E-state index in [4.69, 9.17) is 0 Å². The van der Waals surface area contributed by atoms with Crippen LogP contribution in [0.25, 0.3) is 5.65 Å². The fourth-order valence-electron chi connectivity index (χ4n) is 3.58. The fraction of sp³-hybridized carbons (Fsp3) is 0.368. The summed E-state index contributed by atoms with van der Waals surface area (Å²) in [5, 5.41) is 4.21. The second-order valence-electron chi connectivity index (χ2n) is 6.97. The van der Waals surface area contributed by atoms with Crippen LogP contribution in [-0.4, -0.2) is 32.6 Å². The van der Waals surface area contributed by atoms with Crippen LogP contribution in [0.15, 0.2) is 36.4 Å². The zero-order valence-electron chi connectivity index (χ0n) is 14.7. The van der Waals surface area contributed by atoms with Crippen LogP contribution in [0.1, 0.15) is 35.0 Å². The number of aryl methyl sites for hydroxylation is 1. The molecule has 8 heteroatoms. The normalized spacial score (nSPS) is 18.5. The van der Waals surface area contributed by atoms with Gasteiger partial charge in [0.15, 0.2) is 5.65 Å². The number of aromatic nitrogens is 3. The Hall–Kier alpha value is -2.48. The summed E-state index contributed by atoms with van der Waals surface area (Å²) >= 11 is 0. The van der Waals surface area contributed by atoms with Gasteiger partial charge >= 0.3 is 6.18 Å². The highest BCUT2D eigenvalue weighted by Gasteiger charge is 2.35. The minimum atomic E-state index is -4.49. The van der Waals surface area contributed by atoms with Gasteiger partial charge in [-0.1, -0.05) is 12.1 Å². The van der Waals surface area contributed by atoms with Crippen LogP contribution >= 0.6 is 0 Å². The molecule has 0 N–H and O–H groups in total. The molecule has 0 radical (unpaired) electrons. The molecule has 1 atom stereocenters. The van der Waals surface area contributed by atoms with E-state index in [1.807, 2.05) is 0 Å². The number of halogens is 4. The summed E-state index contributed by atoms with van der Waals surface area (Å²) < 4.78 is 53.8. The molecule has 27 heavy (non-hydrogen) atoms. The Morgan fingerprint density at radius 3 is 2.59 bits per heavy atom. The van der Waals surface area contributed by atoms with Crippen molar-refractivity contribution in [3.8, 4) is 0 Å². The van der Waals surface area contributed by atoms with Gasteiger partial charge in [0.1, 0.15) is 11.5 Å². The van der Waals surface area contributed by atoms with Crippen molar-refractivity contribution < 1.29 is 17.6 Å². The molecule has 1 aromatic carbocycles. The number of benzene rings is 1. The monoisotopic (exact) mass is 378 g/mol. The quantitative estimate of drug-likeness (QED) is 0.641. The van der Waals surface area contributed by atoms with Gasteiger partial charge in [-0.25, -0.2) is 13.9 Å². The standard InChI is InChI=1S/C19H18F4N4/c1-12-8-17(19(21,22)23)27-18(24-12)9-16(25-27)14-6-7-26(11-14)10-13-2-4-15(20)5-3-13/h2-5,8-9,14H,6-7,10-11H2,1H3/t14-/m1/s1. The molecule has 1 aliphatic heterocycles. The largest absolute Gasteiger partial charge is 0.433 e. The summed E-state index contributed by atoms with van der Waals surface area (Å²) in [7, 11) is 0. The summed E-state index contributed by atoms with van der Waals surface area (Å²) in [6, 6.07) is 9.01. The summed E-state index contributed by atoms with van der Waals surface area (Å²) in [5.74, 6) is -0.223. The highest BCUT2D eigenvalue weighted by Crippen LogP contribution is 2.32. The Labute approximate surface area is 153 Å². The topological polar surface area (TPSA) is 33.4 Å². The molecule has 1 fully saturated rings. The van der Waals surface area contributed by atoms with Crippen molar-refractivity contribution in [2.45, 2.75) is 32.0 Å². The van der Waals surface area contributed by atoms with E-state index in [9.17, 15) is 17.6 Å². The van der Waals surface area contributed by atoms with Crippen molar-refractivity contribution in [1.82, 2.24) is 19.5 Å². The molecular formula is C19H18F4N4. The third-order valence-electron chi connectivity index (χ3n) is 4.87. The Morgan fingerprint density at radius 1 is 1.15 bits per heavy atom. The lowest BCUT2D eigenvalue weighted by molar-refractivity contribution is -0.142. The smallest absolute Gasteiger partial charge is 0.298 e. The number of rotatable bonds is 3. The first kappa shape index (κ1) is 17.9. The lowest BCUT2D eigenvalue weighted by Crippen LogP contribution is -2.19. The highest BCUT2D eigenvalue weighted by molar-refractivity contribution is 5.43. The molecule has 1 saturated heterocycles. The molecule has 142 valence electrons. The number of hydrogen-bond donors (Lipinski definition) is 0. The molecule has 4 rings (SSSR count). The van der Waals surface area contributed by atoms with Crippen LogP contribution in [0.3, 0.4) is 0 Å². The molecular weight excluding hydrogens is 360 g/mol. The molecule has 2 aromatic heterocycles. The molecule has 0 unspecified atom stereocenters. The van der Waals surface area contributed by atoms with Gasteiger partial charge in [0.25, 0.3) is 0 Å². The molecule has 0 aliphatic carbocycles. The molecule has 4 nitrogen and oxygen atoms in total. The Balaban J connectivity index is 1.55. The van der Waals surface area contributed by atoms with E-state index in [1.54, 1.807) is 25.1 Å². The lowest BCUT2D eigenvalue weighted by atomic mass is 10.1. The Kier molecular flexibility index (Phi) is 4.38. The summed E-state index contributed by atoms with van der Waals surface area (Å²) in [6.45, 7) is 3.73. The van der Waals surface area contributed by atoms with Crippen molar-refractivity contribution >= 4 is 5.65 Å². The average molecular weight is 378 g/mol. The second-order valence-corrected chi connectivity index (χ2v) is 6.97. The van der Waals surface area contributed by atoms with Crippen molar-refractivity contribution in [2.24, 2.45) is 0 Å². The van der Waals surface area contributed by atoms with Crippen molar-refractivity contribution in [2.75, 3.05) is 13.1 Å². The zero-order chi connectivity index (χ0) is 19.2. The van der Waals surface area contributed by atoms with Gasteiger partial charge in [-0.05, 0) is 43.7 Å². The van der Waals surface area contributed by atoms with Crippen LogP contribution < -0.4 is 0 Å². The summed E-state index contributed by atoms with van der Waals surface area (Å²) in [4.78, 5) is 6.39. The van der Waals surface area contributed by atoms with E-state index >= 15 is 0 Å². The molecule has 0 amide bonds. The first-order valence-corrected chi connectivity index (χ1v) is 8.71. The van der Waals surface area contributed by atoms with Crippen molar-refractivity contribution in [3.05, 3.63) is 64.9 Å². The van der Waals surface area contributed by atoms with Crippen LogP contribution in [0.2, 0.25) is 0 Å². The predicted octanol–water partition coefficient (Wildman–Crippen LogP) is 4.19. The highest BCUT2D eigenvalue weighted by atomic mass is 19.4. The van der Waals surface area contributed by atoms with Gasteiger partial charge in [0, 0.05) is 30.8 Å². The van der Waals surface area contributed by atoms with Gasteiger partial charge < -0.3 is 0 Å². The van der Waals surface area contributed by atoms with Gasteiger partial charge in [-0.15, -0.1) is 0 Å². The minimum Gasteiger partial charge on any atom is -0.298 e. The minimum absolute atomic E-state index is 0.0496. The van der Waals surface area contributed by atoms with E-state index < -0.39 is 11.9 Å². The van der Waals surface area contributed by atoms with Gasteiger partial charge in [0.2, 0.25) is 0 Å². The number of alkyl halides is 3. The lowest BCUT2D eigenvalue weighted by Gasteiger charge is -2.15. The maximum absolute atomic E-state index is 13.3. The molecule has 1 aliphatic rings. The first-order valence-electron chi connectivity index (χ1n) is 8.71. The van der Waals surface area contributed by atoms with E-state index in [0.717, 1.165) is 29.1 Å². The number of fused-ring (bicyclic) bond motifs is 1. The molecule has 3 heterocycles. The second kappa shape index (κ2) is 6.60. The Morgan fingerprint density at radius 2 is 1.89 bits per heavy atom. The number of nitrogens with zero attached hydrogens (tertiary/aromatic N) is 4. The van der Waals surface area contributed by atoms with Crippen LogP contribution in [0, 0.1) is 12.7 Å². The van der Waals surface area contributed by atoms with Crippen molar-refractivity contribution in [1.29, 1.82) is 0 Å². The third-order valence-corrected chi connectivity index (χ3v) is 4.87. The average Bonchev–Trinajstić information content (AvgIpc) is 3.21. The predicted molar refractivity (Wildman–Crippen MR) is 91.8 cm³/mol. The van der Waals surface area contributed by atoms with Gasteiger partial charge in [-0.3, -0.25) is 4.90 Å². The van der Waals surface area contributed by atoms with Crippen LogP contribution in [0.5, 0.6) is 0 Å². The van der Waals surface area contributed by atoms with E-state index in [0.29, 0.717) is 24.5 Å². The van der Waals surface area contributed by atoms with E-state index in [1.165, 1.54) is 12.1 Å². The number of likely N-dealkylation sites (tertiary alicyclic amines) is 1. The molecule has 0 bridgehead atoms. The molecule has 0 saturated carbocycles. The maximum Gasteiger partial charge on any atom is 0.433 e.